The lowest BCUT2D eigenvalue weighted by Gasteiger charge is -2.10. The summed E-state index contributed by atoms with van der Waals surface area (Å²) in [5.41, 5.74) is 0.519. The Labute approximate surface area is 112 Å². The van der Waals surface area contributed by atoms with Gasteiger partial charge in [-0.3, -0.25) is 4.98 Å². The van der Waals surface area contributed by atoms with Crippen LogP contribution in [0.2, 0.25) is 0 Å². The first kappa shape index (κ1) is 13.8. The first-order valence-corrected chi connectivity index (χ1v) is 7.62. The summed E-state index contributed by atoms with van der Waals surface area (Å²) in [6.07, 6.45) is 3.56. The summed E-state index contributed by atoms with van der Waals surface area (Å²) < 4.78 is 28.7. The molecule has 1 aromatic carbocycles. The van der Waals surface area contributed by atoms with Crippen LogP contribution in [0.15, 0.2) is 35.4 Å². The molecule has 0 unspecified atom stereocenters. The molecule has 0 spiro atoms. The number of nitrogens with zero attached hydrogens (tertiary/aromatic N) is 1. The van der Waals surface area contributed by atoms with Crippen LogP contribution < -0.4 is 9.88 Å². The lowest BCUT2D eigenvalue weighted by atomic mass is 10.2. The molecule has 0 aliphatic heterocycles. The first-order valence-electron chi connectivity index (χ1n) is 6.07. The van der Waals surface area contributed by atoms with Gasteiger partial charge < -0.3 is 4.74 Å². The molecule has 1 heterocycles. The number of fused-ring (bicyclic) bond motifs is 1. The molecule has 2 N–H and O–H groups in total. The molecule has 1 aromatic heterocycles. The van der Waals surface area contributed by atoms with Gasteiger partial charge in [0.15, 0.2) is 0 Å². The van der Waals surface area contributed by atoms with E-state index in [1.54, 1.807) is 24.4 Å². The number of primary sulfonamides is 1. The molecule has 0 amide bonds. The molecule has 0 atom stereocenters. The number of unbranched alkanes of at least 4 members (excludes halogenated alkanes) is 1. The first-order chi connectivity index (χ1) is 9.04. The second kappa shape index (κ2) is 5.54. The highest BCUT2D eigenvalue weighted by Gasteiger charge is 2.15. The standard InChI is InChI=1S/C13H16N2O3S/c1-2-3-9-18-11-6-7-12(19(14,16)17)10-5-4-8-15-13(10)11/h4-8H,2-3,9H2,1H3,(H2,14,16,17). The Hall–Kier alpha value is -1.66. The third kappa shape index (κ3) is 3.02. The van der Waals surface area contributed by atoms with Crippen LogP contribution in [0.3, 0.4) is 0 Å². The number of rotatable bonds is 5. The van der Waals surface area contributed by atoms with Crippen molar-refractivity contribution in [2.45, 2.75) is 24.7 Å². The second-order valence-electron chi connectivity index (χ2n) is 4.21. The third-order valence-corrected chi connectivity index (χ3v) is 3.72. The zero-order valence-electron chi connectivity index (χ0n) is 10.7. The SMILES string of the molecule is CCCCOc1ccc(S(N)(=O)=O)c2cccnc12. The van der Waals surface area contributed by atoms with Crippen LogP contribution in [0, 0.1) is 0 Å². The topological polar surface area (TPSA) is 82.3 Å². The number of aromatic nitrogens is 1. The normalized spacial score (nSPS) is 11.7. The van der Waals surface area contributed by atoms with E-state index in [0.29, 0.717) is 23.3 Å². The van der Waals surface area contributed by atoms with Gasteiger partial charge >= 0.3 is 0 Å². The van der Waals surface area contributed by atoms with Crippen molar-refractivity contribution in [2.24, 2.45) is 5.14 Å². The molecule has 0 bridgehead atoms. The van der Waals surface area contributed by atoms with Gasteiger partial charge in [-0.1, -0.05) is 13.3 Å². The maximum Gasteiger partial charge on any atom is 0.238 e. The smallest absolute Gasteiger partial charge is 0.238 e. The molecular formula is C13H16N2O3S. The summed E-state index contributed by atoms with van der Waals surface area (Å²) >= 11 is 0. The van der Waals surface area contributed by atoms with E-state index in [1.165, 1.54) is 6.07 Å². The van der Waals surface area contributed by atoms with E-state index < -0.39 is 10.0 Å². The average Bonchev–Trinajstić information content (AvgIpc) is 2.37. The predicted octanol–water partition coefficient (Wildman–Crippen LogP) is 2.06. The number of pyridine rings is 1. The minimum Gasteiger partial charge on any atom is -0.491 e. The van der Waals surface area contributed by atoms with Crippen molar-refractivity contribution in [3.05, 3.63) is 30.5 Å². The Morgan fingerprint density at radius 1 is 1.32 bits per heavy atom. The van der Waals surface area contributed by atoms with Crippen LogP contribution in [-0.4, -0.2) is 20.0 Å². The van der Waals surface area contributed by atoms with Gasteiger partial charge in [0.1, 0.15) is 11.3 Å². The van der Waals surface area contributed by atoms with Crippen LogP contribution >= 0.6 is 0 Å². The monoisotopic (exact) mass is 280 g/mol. The highest BCUT2D eigenvalue weighted by Crippen LogP contribution is 2.28. The van der Waals surface area contributed by atoms with Crippen LogP contribution in [0.25, 0.3) is 10.9 Å². The molecule has 0 aliphatic rings. The average molecular weight is 280 g/mol. The molecule has 2 aromatic rings. The minimum absolute atomic E-state index is 0.0680. The van der Waals surface area contributed by atoms with Gasteiger partial charge in [-0.25, -0.2) is 13.6 Å². The van der Waals surface area contributed by atoms with Gasteiger partial charge in [-0.05, 0) is 30.7 Å². The highest BCUT2D eigenvalue weighted by molar-refractivity contribution is 7.89. The fraction of sp³-hybridized carbons (Fsp3) is 0.308. The number of benzene rings is 1. The van der Waals surface area contributed by atoms with Crippen molar-refractivity contribution < 1.29 is 13.2 Å². The van der Waals surface area contributed by atoms with E-state index in [9.17, 15) is 8.42 Å². The van der Waals surface area contributed by atoms with Crippen LogP contribution in [0.1, 0.15) is 19.8 Å². The van der Waals surface area contributed by atoms with Gasteiger partial charge in [-0.15, -0.1) is 0 Å². The van der Waals surface area contributed by atoms with E-state index in [0.717, 1.165) is 12.8 Å². The van der Waals surface area contributed by atoms with Crippen molar-refractivity contribution in [3.63, 3.8) is 0 Å². The van der Waals surface area contributed by atoms with Crippen molar-refractivity contribution in [1.29, 1.82) is 0 Å². The predicted molar refractivity (Wildman–Crippen MR) is 73.5 cm³/mol. The Bertz CT molecular complexity index is 683. The summed E-state index contributed by atoms with van der Waals surface area (Å²) in [6.45, 7) is 2.65. The molecule has 19 heavy (non-hydrogen) atoms. The zero-order valence-corrected chi connectivity index (χ0v) is 11.5. The van der Waals surface area contributed by atoms with E-state index >= 15 is 0 Å². The third-order valence-electron chi connectivity index (χ3n) is 2.75. The molecule has 0 aliphatic carbocycles. The Morgan fingerprint density at radius 2 is 2.11 bits per heavy atom. The number of nitrogens with two attached hydrogens (primary N) is 1. The van der Waals surface area contributed by atoms with E-state index in [4.69, 9.17) is 9.88 Å². The maximum atomic E-state index is 11.5. The summed E-state index contributed by atoms with van der Waals surface area (Å²) in [4.78, 5) is 4.26. The van der Waals surface area contributed by atoms with Gasteiger partial charge in [0.25, 0.3) is 0 Å². The van der Waals surface area contributed by atoms with E-state index in [2.05, 4.69) is 11.9 Å². The largest absolute Gasteiger partial charge is 0.491 e. The van der Waals surface area contributed by atoms with Crippen LogP contribution in [0.4, 0.5) is 0 Å². The Kier molecular flexibility index (Phi) is 4.01. The quantitative estimate of drug-likeness (QED) is 0.850. The van der Waals surface area contributed by atoms with Gasteiger partial charge in [0.05, 0.1) is 11.5 Å². The van der Waals surface area contributed by atoms with Gasteiger partial charge in [0, 0.05) is 11.6 Å². The maximum absolute atomic E-state index is 11.5. The summed E-state index contributed by atoms with van der Waals surface area (Å²) in [7, 11) is -3.77. The summed E-state index contributed by atoms with van der Waals surface area (Å²) in [6, 6.07) is 6.41. The fourth-order valence-corrected chi connectivity index (χ4v) is 2.54. The van der Waals surface area contributed by atoms with Crippen molar-refractivity contribution in [3.8, 4) is 5.75 Å². The van der Waals surface area contributed by atoms with Gasteiger partial charge in [0.2, 0.25) is 10.0 Å². The molecule has 0 saturated carbocycles. The number of hydrogen-bond acceptors (Lipinski definition) is 4. The molecule has 102 valence electrons. The molecule has 0 saturated heterocycles. The number of sulfonamides is 1. The summed E-state index contributed by atoms with van der Waals surface area (Å²) in [5, 5.41) is 5.68. The number of ether oxygens (including phenoxy) is 1. The number of hydrogen-bond donors (Lipinski definition) is 1. The second-order valence-corrected chi connectivity index (χ2v) is 5.74. The summed E-state index contributed by atoms with van der Waals surface area (Å²) in [5.74, 6) is 0.580. The Balaban J connectivity index is 2.52. The minimum atomic E-state index is -3.77. The van der Waals surface area contributed by atoms with Crippen molar-refractivity contribution in [2.75, 3.05) is 6.61 Å². The lowest BCUT2D eigenvalue weighted by molar-refractivity contribution is 0.312. The van der Waals surface area contributed by atoms with E-state index in [1.807, 2.05) is 0 Å². The molecule has 0 radical (unpaired) electrons. The molecule has 5 nitrogen and oxygen atoms in total. The van der Waals surface area contributed by atoms with Crippen molar-refractivity contribution >= 4 is 20.9 Å². The van der Waals surface area contributed by atoms with Crippen LogP contribution in [-0.2, 0) is 10.0 Å². The molecule has 0 fully saturated rings. The lowest BCUT2D eigenvalue weighted by Crippen LogP contribution is -2.13. The van der Waals surface area contributed by atoms with Crippen molar-refractivity contribution in [1.82, 2.24) is 4.98 Å². The van der Waals surface area contributed by atoms with Crippen LogP contribution in [0.5, 0.6) is 5.75 Å². The fourth-order valence-electron chi connectivity index (χ4n) is 1.81. The zero-order chi connectivity index (χ0) is 13.9. The molecular weight excluding hydrogens is 264 g/mol. The molecule has 6 heteroatoms. The Morgan fingerprint density at radius 3 is 2.79 bits per heavy atom. The van der Waals surface area contributed by atoms with E-state index in [-0.39, 0.29) is 4.90 Å². The highest BCUT2D eigenvalue weighted by atomic mass is 32.2. The van der Waals surface area contributed by atoms with Gasteiger partial charge in [-0.2, -0.15) is 0 Å². The molecule has 2 rings (SSSR count).